The zero-order chi connectivity index (χ0) is 14.6. The first kappa shape index (κ1) is 13.4. The molecule has 0 radical (unpaired) electrons. The number of halogens is 1. The summed E-state index contributed by atoms with van der Waals surface area (Å²) in [4.78, 5) is 15.6. The quantitative estimate of drug-likeness (QED) is 0.919. The van der Waals surface area contributed by atoms with Gasteiger partial charge in [0, 0.05) is 27.7 Å². The number of benzene rings is 1. The van der Waals surface area contributed by atoms with Crippen LogP contribution < -0.4 is 5.73 Å². The summed E-state index contributed by atoms with van der Waals surface area (Å²) in [6.45, 7) is 0.901. The smallest absolute Gasteiger partial charge is 0.266 e. The highest BCUT2D eigenvalue weighted by Crippen LogP contribution is 2.40. The zero-order valence-corrected chi connectivity index (χ0v) is 13.2. The van der Waals surface area contributed by atoms with Crippen molar-refractivity contribution >= 4 is 44.6 Å². The Morgan fingerprint density at radius 2 is 2.10 bits per heavy atom. The average Bonchev–Trinajstić information content (AvgIpc) is 3.34. The number of amides is 1. The van der Waals surface area contributed by atoms with E-state index >= 15 is 0 Å². The van der Waals surface area contributed by atoms with Crippen LogP contribution in [0.3, 0.4) is 0 Å². The lowest BCUT2D eigenvalue weighted by Crippen LogP contribution is -2.34. The molecule has 0 aliphatic heterocycles. The van der Waals surface area contributed by atoms with Crippen molar-refractivity contribution in [3.8, 4) is 0 Å². The second-order valence-corrected chi connectivity index (χ2v) is 7.61. The number of carbonyl (C=O) groups is 1. The Kier molecular flexibility index (Phi) is 3.12. The van der Waals surface area contributed by atoms with Crippen LogP contribution in [-0.2, 0) is 0 Å². The minimum atomic E-state index is 0.110. The Labute approximate surface area is 132 Å². The van der Waals surface area contributed by atoms with Gasteiger partial charge in [-0.2, -0.15) is 0 Å². The maximum Gasteiger partial charge on any atom is 0.266 e. The van der Waals surface area contributed by atoms with Crippen LogP contribution in [0.25, 0.3) is 10.1 Å². The highest BCUT2D eigenvalue weighted by Gasteiger charge is 2.38. The fraction of sp³-hybridized carbons (Fsp3) is 0.438. The minimum Gasteiger partial charge on any atom is -0.397 e. The number of anilines is 1. The van der Waals surface area contributed by atoms with Gasteiger partial charge in [0.25, 0.3) is 5.91 Å². The fourth-order valence-corrected chi connectivity index (χ4v) is 4.10. The van der Waals surface area contributed by atoms with Crippen LogP contribution in [0.1, 0.15) is 35.4 Å². The van der Waals surface area contributed by atoms with Gasteiger partial charge < -0.3 is 10.6 Å². The van der Waals surface area contributed by atoms with Crippen LogP contribution >= 0.6 is 22.9 Å². The third-order valence-corrected chi connectivity index (χ3v) is 5.68. The predicted octanol–water partition coefficient (Wildman–Crippen LogP) is 4.15. The number of carbonyl (C=O) groups excluding carboxylic acids is 1. The summed E-state index contributed by atoms with van der Waals surface area (Å²) in [5.41, 5.74) is 6.82. The van der Waals surface area contributed by atoms with E-state index < -0.39 is 0 Å². The number of hydrogen-bond donors (Lipinski definition) is 1. The molecule has 21 heavy (non-hydrogen) atoms. The summed E-state index contributed by atoms with van der Waals surface area (Å²) in [7, 11) is 0. The molecular formula is C16H17ClN2OS. The first-order valence-electron chi connectivity index (χ1n) is 7.42. The minimum absolute atomic E-state index is 0.110. The Balaban J connectivity index is 1.70. The van der Waals surface area contributed by atoms with Crippen molar-refractivity contribution < 1.29 is 4.79 Å². The molecule has 2 fully saturated rings. The normalized spacial score (nSPS) is 18.1. The molecule has 0 atom stereocenters. The molecule has 0 unspecified atom stereocenters. The number of hydrogen-bond acceptors (Lipinski definition) is 3. The monoisotopic (exact) mass is 320 g/mol. The summed E-state index contributed by atoms with van der Waals surface area (Å²) < 4.78 is 0.991. The van der Waals surface area contributed by atoms with Crippen LogP contribution in [0.15, 0.2) is 18.2 Å². The lowest BCUT2D eigenvalue weighted by molar-refractivity contribution is 0.0741. The van der Waals surface area contributed by atoms with Crippen LogP contribution in [0, 0.1) is 5.92 Å². The number of nitrogen functional groups attached to an aromatic ring is 1. The van der Waals surface area contributed by atoms with Crippen molar-refractivity contribution in [1.29, 1.82) is 0 Å². The maximum absolute atomic E-state index is 12.9. The molecule has 1 amide bonds. The van der Waals surface area contributed by atoms with Crippen LogP contribution in [0.2, 0.25) is 5.02 Å². The molecular weight excluding hydrogens is 304 g/mol. The molecule has 0 bridgehead atoms. The van der Waals surface area contributed by atoms with Gasteiger partial charge in [0.05, 0.1) is 5.69 Å². The van der Waals surface area contributed by atoms with Crippen molar-refractivity contribution in [2.75, 3.05) is 12.3 Å². The molecule has 2 N–H and O–H groups in total. The molecule has 1 heterocycles. The first-order valence-corrected chi connectivity index (χ1v) is 8.61. The van der Waals surface area contributed by atoms with E-state index in [2.05, 4.69) is 4.90 Å². The van der Waals surface area contributed by atoms with E-state index in [0.717, 1.165) is 29.5 Å². The van der Waals surface area contributed by atoms with Crippen LogP contribution in [0.4, 0.5) is 5.69 Å². The number of rotatable bonds is 4. The van der Waals surface area contributed by atoms with E-state index in [4.69, 9.17) is 17.3 Å². The Morgan fingerprint density at radius 1 is 1.33 bits per heavy atom. The molecule has 1 aromatic carbocycles. The van der Waals surface area contributed by atoms with E-state index in [1.165, 1.54) is 24.2 Å². The molecule has 2 aromatic rings. The van der Waals surface area contributed by atoms with E-state index in [9.17, 15) is 4.79 Å². The van der Waals surface area contributed by atoms with E-state index in [1.807, 2.05) is 18.2 Å². The second kappa shape index (κ2) is 4.89. The summed E-state index contributed by atoms with van der Waals surface area (Å²) >= 11 is 7.50. The molecule has 2 saturated carbocycles. The van der Waals surface area contributed by atoms with Gasteiger partial charge >= 0.3 is 0 Å². The Hall–Kier alpha value is -1.26. The lowest BCUT2D eigenvalue weighted by atomic mass is 10.2. The van der Waals surface area contributed by atoms with Gasteiger partial charge in [0.2, 0.25) is 0 Å². The highest BCUT2D eigenvalue weighted by molar-refractivity contribution is 7.21. The van der Waals surface area contributed by atoms with Gasteiger partial charge in [-0.1, -0.05) is 11.6 Å². The van der Waals surface area contributed by atoms with E-state index in [-0.39, 0.29) is 5.91 Å². The molecule has 4 rings (SSSR count). The molecule has 2 aliphatic carbocycles. The summed E-state index contributed by atoms with van der Waals surface area (Å²) in [6.07, 6.45) is 4.78. The summed E-state index contributed by atoms with van der Waals surface area (Å²) in [6, 6.07) is 6.05. The van der Waals surface area contributed by atoms with Gasteiger partial charge in [-0.05, 0) is 49.8 Å². The largest absolute Gasteiger partial charge is 0.397 e. The van der Waals surface area contributed by atoms with Crippen molar-refractivity contribution in [1.82, 2.24) is 4.90 Å². The third kappa shape index (κ3) is 2.51. The number of nitrogens with two attached hydrogens (primary N) is 1. The van der Waals surface area contributed by atoms with Gasteiger partial charge in [0.1, 0.15) is 4.88 Å². The van der Waals surface area contributed by atoms with Gasteiger partial charge in [-0.3, -0.25) is 4.79 Å². The second-order valence-electron chi connectivity index (χ2n) is 6.12. The van der Waals surface area contributed by atoms with Gasteiger partial charge in [0.15, 0.2) is 0 Å². The van der Waals surface area contributed by atoms with Crippen LogP contribution in [0.5, 0.6) is 0 Å². The fourth-order valence-electron chi connectivity index (χ4n) is 2.74. The SMILES string of the molecule is Nc1c(C(=O)N(CC2CC2)C2CC2)sc2cc(Cl)ccc12. The zero-order valence-electron chi connectivity index (χ0n) is 11.6. The van der Waals surface area contributed by atoms with Crippen molar-refractivity contribution in [2.45, 2.75) is 31.7 Å². The summed E-state index contributed by atoms with van der Waals surface area (Å²) in [5.74, 6) is 0.818. The summed E-state index contributed by atoms with van der Waals surface area (Å²) in [5, 5.41) is 1.62. The average molecular weight is 321 g/mol. The number of fused-ring (bicyclic) bond motifs is 1. The molecule has 110 valence electrons. The van der Waals surface area contributed by atoms with E-state index in [1.54, 1.807) is 0 Å². The lowest BCUT2D eigenvalue weighted by Gasteiger charge is -2.21. The number of nitrogens with zero attached hydrogens (tertiary/aromatic N) is 1. The highest BCUT2D eigenvalue weighted by atomic mass is 35.5. The Bertz CT molecular complexity index is 718. The van der Waals surface area contributed by atoms with Gasteiger partial charge in [-0.15, -0.1) is 11.3 Å². The maximum atomic E-state index is 12.9. The van der Waals surface area contributed by atoms with Crippen LogP contribution in [-0.4, -0.2) is 23.4 Å². The topological polar surface area (TPSA) is 46.3 Å². The van der Waals surface area contributed by atoms with Gasteiger partial charge in [-0.25, -0.2) is 0 Å². The molecule has 1 aromatic heterocycles. The van der Waals surface area contributed by atoms with Crippen molar-refractivity contribution in [3.63, 3.8) is 0 Å². The molecule has 3 nitrogen and oxygen atoms in total. The first-order chi connectivity index (χ1) is 10.1. The van der Waals surface area contributed by atoms with Crippen molar-refractivity contribution in [3.05, 3.63) is 28.1 Å². The van der Waals surface area contributed by atoms with Crippen molar-refractivity contribution in [2.24, 2.45) is 5.92 Å². The number of thiophene rings is 1. The molecule has 0 saturated heterocycles. The molecule has 5 heteroatoms. The molecule has 2 aliphatic rings. The molecule has 0 spiro atoms. The third-order valence-electron chi connectivity index (χ3n) is 4.29. The van der Waals surface area contributed by atoms with E-state index in [0.29, 0.717) is 27.5 Å². The Morgan fingerprint density at radius 3 is 2.76 bits per heavy atom. The standard InChI is InChI=1S/C16H17ClN2OS/c17-10-3-6-12-13(7-10)21-15(14(12)18)16(20)19(11-4-5-11)8-9-1-2-9/h3,6-7,9,11H,1-2,4-5,8,18H2. The predicted molar refractivity (Wildman–Crippen MR) is 88.0 cm³/mol.